The number of aliphatic hydroxyl groups is 1. The Hall–Kier alpha value is -1.39. The molecule has 1 N–H and O–H groups in total. The highest BCUT2D eigenvalue weighted by Gasteiger charge is 2.42. The standard InChI is InChI=1S/C16H17ClFNO2/c17-13-2-1-3-14(18)11(13)5-7-16(21)19-8-10-4-6-15(20)12(10)9-19/h1-3,5,7,10,12,15,20H,4,6,8-9H2/b7-5+. The highest BCUT2D eigenvalue weighted by atomic mass is 35.5. The van der Waals surface area contributed by atoms with Crippen molar-refractivity contribution in [2.75, 3.05) is 13.1 Å². The largest absolute Gasteiger partial charge is 0.393 e. The topological polar surface area (TPSA) is 40.5 Å². The van der Waals surface area contributed by atoms with Gasteiger partial charge in [-0.1, -0.05) is 17.7 Å². The van der Waals surface area contributed by atoms with E-state index in [1.807, 2.05) is 0 Å². The van der Waals surface area contributed by atoms with Gasteiger partial charge in [0, 0.05) is 30.6 Å². The van der Waals surface area contributed by atoms with Gasteiger partial charge in [-0.15, -0.1) is 0 Å². The Labute approximate surface area is 128 Å². The van der Waals surface area contributed by atoms with Crippen LogP contribution in [0.25, 0.3) is 6.08 Å². The third-order valence-electron chi connectivity index (χ3n) is 4.52. The maximum absolute atomic E-state index is 13.6. The van der Waals surface area contributed by atoms with Gasteiger partial charge in [0.25, 0.3) is 0 Å². The molecular formula is C16H17ClFNO2. The van der Waals surface area contributed by atoms with Crippen LogP contribution in [-0.2, 0) is 4.79 Å². The molecule has 5 heteroatoms. The fourth-order valence-electron chi connectivity index (χ4n) is 3.35. The first-order valence-electron chi connectivity index (χ1n) is 7.15. The van der Waals surface area contributed by atoms with Crippen molar-refractivity contribution in [3.8, 4) is 0 Å². The SMILES string of the molecule is O=C(/C=C/c1c(F)cccc1Cl)N1CC2CCC(O)C2C1. The lowest BCUT2D eigenvalue weighted by molar-refractivity contribution is -0.125. The number of fused-ring (bicyclic) bond motifs is 1. The molecule has 0 spiro atoms. The Balaban J connectivity index is 1.69. The number of halogens is 2. The van der Waals surface area contributed by atoms with E-state index in [1.54, 1.807) is 11.0 Å². The molecule has 3 atom stereocenters. The molecule has 3 nitrogen and oxygen atoms in total. The third-order valence-corrected chi connectivity index (χ3v) is 4.85. The number of likely N-dealkylation sites (tertiary alicyclic amines) is 1. The Bertz CT molecular complexity index is 569. The summed E-state index contributed by atoms with van der Waals surface area (Å²) in [7, 11) is 0. The van der Waals surface area contributed by atoms with Gasteiger partial charge >= 0.3 is 0 Å². The van der Waals surface area contributed by atoms with Gasteiger partial charge in [0.05, 0.1) is 11.1 Å². The monoisotopic (exact) mass is 309 g/mol. The molecule has 1 heterocycles. The first kappa shape index (κ1) is 14.5. The zero-order valence-corrected chi connectivity index (χ0v) is 12.3. The minimum absolute atomic E-state index is 0.157. The molecule has 0 bridgehead atoms. The van der Waals surface area contributed by atoms with Gasteiger partial charge in [-0.2, -0.15) is 0 Å². The van der Waals surface area contributed by atoms with E-state index in [0.29, 0.717) is 19.0 Å². The van der Waals surface area contributed by atoms with Crippen LogP contribution in [0.5, 0.6) is 0 Å². The van der Waals surface area contributed by atoms with Crippen LogP contribution in [0, 0.1) is 17.7 Å². The number of hydrogen-bond acceptors (Lipinski definition) is 2. The number of benzene rings is 1. The zero-order valence-electron chi connectivity index (χ0n) is 11.5. The maximum Gasteiger partial charge on any atom is 0.246 e. The van der Waals surface area contributed by atoms with Crippen LogP contribution in [0.4, 0.5) is 4.39 Å². The summed E-state index contributed by atoms with van der Waals surface area (Å²) in [5.74, 6) is -0.00928. The molecule has 0 radical (unpaired) electrons. The number of carbonyl (C=O) groups excluding carboxylic acids is 1. The highest BCUT2D eigenvalue weighted by molar-refractivity contribution is 6.32. The molecule has 0 aromatic heterocycles. The number of nitrogens with zero attached hydrogens (tertiary/aromatic N) is 1. The van der Waals surface area contributed by atoms with Gasteiger partial charge < -0.3 is 10.0 Å². The maximum atomic E-state index is 13.6. The molecule has 2 fully saturated rings. The average Bonchev–Trinajstić information content (AvgIpc) is 3.01. The number of amides is 1. The molecule has 1 saturated heterocycles. The summed E-state index contributed by atoms with van der Waals surface area (Å²) >= 11 is 5.92. The smallest absolute Gasteiger partial charge is 0.246 e. The van der Waals surface area contributed by atoms with Crippen molar-refractivity contribution in [3.63, 3.8) is 0 Å². The van der Waals surface area contributed by atoms with E-state index in [4.69, 9.17) is 11.6 Å². The van der Waals surface area contributed by atoms with Gasteiger partial charge in [0.1, 0.15) is 5.82 Å². The van der Waals surface area contributed by atoms with E-state index in [0.717, 1.165) is 12.8 Å². The van der Waals surface area contributed by atoms with Crippen LogP contribution in [0.2, 0.25) is 5.02 Å². The molecular weight excluding hydrogens is 293 g/mol. The van der Waals surface area contributed by atoms with Crippen LogP contribution in [0.3, 0.4) is 0 Å². The van der Waals surface area contributed by atoms with Crippen molar-refractivity contribution < 1.29 is 14.3 Å². The lowest BCUT2D eigenvalue weighted by atomic mass is 10.00. The third kappa shape index (κ3) is 2.83. The minimum Gasteiger partial charge on any atom is -0.393 e. The Morgan fingerprint density at radius 3 is 2.90 bits per heavy atom. The van der Waals surface area contributed by atoms with E-state index in [2.05, 4.69) is 0 Å². The quantitative estimate of drug-likeness (QED) is 0.853. The van der Waals surface area contributed by atoms with Crippen LogP contribution in [0.1, 0.15) is 18.4 Å². The van der Waals surface area contributed by atoms with E-state index >= 15 is 0 Å². The summed E-state index contributed by atoms with van der Waals surface area (Å²) < 4.78 is 13.6. The molecule has 1 saturated carbocycles. The normalized spacial score (nSPS) is 28.3. The second-order valence-corrected chi connectivity index (χ2v) is 6.19. The van der Waals surface area contributed by atoms with Crippen molar-refractivity contribution >= 4 is 23.6 Å². The summed E-state index contributed by atoms with van der Waals surface area (Å²) in [5, 5.41) is 10.1. The molecule has 1 aliphatic heterocycles. The zero-order chi connectivity index (χ0) is 15.0. The summed E-state index contributed by atoms with van der Waals surface area (Å²) in [4.78, 5) is 13.9. The first-order chi connectivity index (χ1) is 10.1. The molecule has 1 amide bonds. The lowest BCUT2D eigenvalue weighted by Crippen LogP contribution is -2.29. The van der Waals surface area contributed by atoms with Crippen molar-refractivity contribution in [1.29, 1.82) is 0 Å². The fraction of sp³-hybridized carbons (Fsp3) is 0.438. The van der Waals surface area contributed by atoms with Gasteiger partial charge in [-0.05, 0) is 37.0 Å². The number of aliphatic hydroxyl groups excluding tert-OH is 1. The molecule has 2 aliphatic rings. The Morgan fingerprint density at radius 1 is 1.38 bits per heavy atom. The lowest BCUT2D eigenvalue weighted by Gasteiger charge is -2.16. The Morgan fingerprint density at radius 2 is 2.19 bits per heavy atom. The molecule has 1 aromatic carbocycles. The molecule has 112 valence electrons. The summed E-state index contributed by atoms with van der Waals surface area (Å²) in [6.07, 6.45) is 4.29. The molecule has 3 unspecified atom stereocenters. The summed E-state index contributed by atoms with van der Waals surface area (Å²) in [6.45, 7) is 1.26. The van der Waals surface area contributed by atoms with Crippen molar-refractivity contribution in [1.82, 2.24) is 4.90 Å². The van der Waals surface area contributed by atoms with Crippen molar-refractivity contribution in [2.24, 2.45) is 11.8 Å². The van der Waals surface area contributed by atoms with Gasteiger partial charge in [-0.25, -0.2) is 4.39 Å². The first-order valence-corrected chi connectivity index (χ1v) is 7.53. The molecule has 21 heavy (non-hydrogen) atoms. The van der Waals surface area contributed by atoms with Gasteiger partial charge in [-0.3, -0.25) is 4.79 Å². The van der Waals surface area contributed by atoms with Crippen LogP contribution in [-0.4, -0.2) is 35.1 Å². The predicted octanol–water partition coefficient (Wildman–Crippen LogP) is 2.72. The second-order valence-electron chi connectivity index (χ2n) is 5.78. The van der Waals surface area contributed by atoms with Gasteiger partial charge in [0.2, 0.25) is 5.91 Å². The average molecular weight is 310 g/mol. The van der Waals surface area contributed by atoms with E-state index < -0.39 is 5.82 Å². The number of rotatable bonds is 2. The van der Waals surface area contributed by atoms with Gasteiger partial charge in [0.15, 0.2) is 0 Å². The van der Waals surface area contributed by atoms with Crippen molar-refractivity contribution in [2.45, 2.75) is 18.9 Å². The van der Waals surface area contributed by atoms with Crippen LogP contribution >= 0.6 is 11.6 Å². The molecule has 3 rings (SSSR count). The minimum atomic E-state index is -0.444. The summed E-state index contributed by atoms with van der Waals surface area (Å²) in [5.41, 5.74) is 0.229. The highest BCUT2D eigenvalue weighted by Crippen LogP contribution is 2.38. The van der Waals surface area contributed by atoms with Crippen LogP contribution < -0.4 is 0 Å². The second kappa shape index (κ2) is 5.78. The number of hydrogen-bond donors (Lipinski definition) is 1. The summed E-state index contributed by atoms with van der Waals surface area (Å²) in [6, 6.07) is 4.43. The fourth-order valence-corrected chi connectivity index (χ4v) is 3.57. The van der Waals surface area contributed by atoms with Crippen molar-refractivity contribution in [3.05, 3.63) is 40.7 Å². The van der Waals surface area contributed by atoms with E-state index in [1.165, 1.54) is 24.3 Å². The Kier molecular flexibility index (Phi) is 4.00. The predicted molar refractivity (Wildman–Crippen MR) is 79.2 cm³/mol. The molecule has 1 aliphatic carbocycles. The van der Waals surface area contributed by atoms with E-state index in [9.17, 15) is 14.3 Å². The molecule has 1 aromatic rings. The van der Waals surface area contributed by atoms with E-state index in [-0.39, 0.29) is 28.5 Å². The van der Waals surface area contributed by atoms with Crippen LogP contribution in [0.15, 0.2) is 24.3 Å². The number of carbonyl (C=O) groups is 1.